The molecule has 1 N–H and O–H groups in total. The summed E-state index contributed by atoms with van der Waals surface area (Å²) in [5.41, 5.74) is -0.263. The minimum absolute atomic E-state index is 0.0199. The van der Waals surface area contributed by atoms with Crippen molar-refractivity contribution in [1.29, 1.82) is 5.26 Å². The summed E-state index contributed by atoms with van der Waals surface area (Å²) >= 11 is 5.75. The van der Waals surface area contributed by atoms with E-state index in [4.69, 9.17) is 11.6 Å². The molecule has 2 rings (SSSR count). The van der Waals surface area contributed by atoms with E-state index in [2.05, 4.69) is 13.0 Å². The van der Waals surface area contributed by atoms with E-state index in [1.54, 1.807) is 0 Å². The summed E-state index contributed by atoms with van der Waals surface area (Å²) in [6, 6.07) is 6.45. The molecule has 3 atom stereocenters. The number of aliphatic hydroxyl groups excluding tert-OH is 1. The smallest absolute Gasteiger partial charge is 0.141 e. The highest BCUT2D eigenvalue weighted by molar-refractivity contribution is 6.30. The van der Waals surface area contributed by atoms with Crippen molar-refractivity contribution >= 4 is 11.6 Å². The predicted octanol–water partition coefficient (Wildman–Crippen LogP) is 4.23. The highest BCUT2D eigenvalue weighted by atomic mass is 35.5. The molecular weight excluding hydrogens is 265 g/mol. The zero-order chi connectivity index (χ0) is 14.0. The lowest BCUT2D eigenvalue weighted by Crippen LogP contribution is -2.33. The van der Waals surface area contributed by atoms with Gasteiger partial charge in [0.25, 0.3) is 0 Å². The van der Waals surface area contributed by atoms with Gasteiger partial charge in [0, 0.05) is 0 Å². The standard InChI is InChI=1S/C15H17ClFNO/c1-10-3-2-6-15(8-10,9-18)14(19)11-4-5-13(17)12(16)7-11/h4-5,7,10,14,19H,2-3,6,8H2,1H3. The van der Waals surface area contributed by atoms with Crippen molar-refractivity contribution in [3.8, 4) is 6.07 Å². The maximum atomic E-state index is 13.2. The zero-order valence-corrected chi connectivity index (χ0v) is 11.6. The lowest BCUT2D eigenvalue weighted by molar-refractivity contribution is 0.0219. The maximum Gasteiger partial charge on any atom is 0.141 e. The van der Waals surface area contributed by atoms with E-state index < -0.39 is 17.3 Å². The monoisotopic (exact) mass is 281 g/mol. The maximum absolute atomic E-state index is 13.2. The van der Waals surface area contributed by atoms with E-state index >= 15 is 0 Å². The van der Waals surface area contributed by atoms with Crippen molar-refractivity contribution in [2.45, 2.75) is 38.7 Å². The molecule has 4 heteroatoms. The Kier molecular flexibility index (Phi) is 4.13. The number of nitriles is 1. The van der Waals surface area contributed by atoms with E-state index in [-0.39, 0.29) is 5.02 Å². The van der Waals surface area contributed by atoms with Crippen LogP contribution in [0.1, 0.15) is 44.3 Å². The van der Waals surface area contributed by atoms with Gasteiger partial charge in [0.15, 0.2) is 0 Å². The number of rotatable bonds is 2. The zero-order valence-electron chi connectivity index (χ0n) is 10.9. The molecule has 3 unspecified atom stereocenters. The van der Waals surface area contributed by atoms with Gasteiger partial charge in [0.05, 0.1) is 22.6 Å². The van der Waals surface area contributed by atoms with Gasteiger partial charge in [-0.25, -0.2) is 4.39 Å². The van der Waals surface area contributed by atoms with Crippen LogP contribution in [0.15, 0.2) is 18.2 Å². The second kappa shape index (κ2) is 5.48. The average Bonchev–Trinajstić information content (AvgIpc) is 2.41. The van der Waals surface area contributed by atoms with Gasteiger partial charge in [-0.15, -0.1) is 0 Å². The molecule has 0 aromatic heterocycles. The van der Waals surface area contributed by atoms with Crippen molar-refractivity contribution in [1.82, 2.24) is 0 Å². The molecule has 0 amide bonds. The summed E-state index contributed by atoms with van der Waals surface area (Å²) in [6.07, 6.45) is 2.43. The molecule has 1 aliphatic carbocycles. The van der Waals surface area contributed by atoms with Crippen LogP contribution in [-0.2, 0) is 0 Å². The molecule has 102 valence electrons. The number of hydrogen-bond acceptors (Lipinski definition) is 2. The number of hydrogen-bond donors (Lipinski definition) is 1. The van der Waals surface area contributed by atoms with Crippen LogP contribution in [0, 0.1) is 28.5 Å². The molecule has 0 bridgehead atoms. The fraction of sp³-hybridized carbons (Fsp3) is 0.533. The molecule has 19 heavy (non-hydrogen) atoms. The second-order valence-corrected chi connectivity index (χ2v) is 5.95. The van der Waals surface area contributed by atoms with Crippen molar-refractivity contribution in [3.05, 3.63) is 34.6 Å². The third-order valence-electron chi connectivity index (χ3n) is 4.04. The Morgan fingerprint density at radius 1 is 1.58 bits per heavy atom. The number of halogens is 2. The van der Waals surface area contributed by atoms with E-state index in [9.17, 15) is 14.8 Å². The first-order chi connectivity index (χ1) is 8.98. The molecule has 2 nitrogen and oxygen atoms in total. The highest BCUT2D eigenvalue weighted by Gasteiger charge is 2.42. The van der Waals surface area contributed by atoms with Gasteiger partial charge in [-0.3, -0.25) is 0 Å². The molecule has 1 aliphatic rings. The van der Waals surface area contributed by atoms with Gasteiger partial charge in [0.2, 0.25) is 0 Å². The number of nitrogens with zero attached hydrogens (tertiary/aromatic N) is 1. The van der Waals surface area contributed by atoms with E-state index in [1.165, 1.54) is 18.2 Å². The summed E-state index contributed by atoms with van der Waals surface area (Å²) in [6.45, 7) is 2.09. The van der Waals surface area contributed by atoms with Gasteiger partial charge in [-0.2, -0.15) is 5.26 Å². The minimum atomic E-state index is -0.918. The fourth-order valence-corrected chi connectivity index (χ4v) is 3.19. The van der Waals surface area contributed by atoms with Gasteiger partial charge in [-0.1, -0.05) is 37.4 Å². The summed E-state index contributed by atoms with van der Waals surface area (Å²) in [5, 5.41) is 20.0. The van der Waals surface area contributed by atoms with Gasteiger partial charge in [-0.05, 0) is 36.5 Å². The quantitative estimate of drug-likeness (QED) is 0.881. The van der Waals surface area contributed by atoms with Gasteiger partial charge >= 0.3 is 0 Å². The second-order valence-electron chi connectivity index (χ2n) is 5.55. The molecule has 1 fully saturated rings. The highest BCUT2D eigenvalue weighted by Crippen LogP contribution is 2.47. The lowest BCUT2D eigenvalue weighted by Gasteiger charge is -2.38. The summed E-state index contributed by atoms with van der Waals surface area (Å²) < 4.78 is 13.2. The van der Waals surface area contributed by atoms with Crippen LogP contribution in [0.2, 0.25) is 5.02 Å². The topological polar surface area (TPSA) is 44.0 Å². The van der Waals surface area contributed by atoms with Crippen LogP contribution in [0.25, 0.3) is 0 Å². The first kappa shape index (κ1) is 14.3. The summed E-state index contributed by atoms with van der Waals surface area (Å²) in [7, 11) is 0. The Balaban J connectivity index is 2.32. The van der Waals surface area contributed by atoms with Crippen LogP contribution in [0.4, 0.5) is 4.39 Å². The van der Waals surface area contributed by atoms with Crippen LogP contribution in [0.5, 0.6) is 0 Å². The molecule has 0 aliphatic heterocycles. The molecule has 1 aromatic carbocycles. The Hall–Kier alpha value is -1.11. The van der Waals surface area contributed by atoms with Crippen LogP contribution < -0.4 is 0 Å². The summed E-state index contributed by atoms with van der Waals surface area (Å²) in [5.74, 6) is -0.0976. The van der Waals surface area contributed by atoms with Gasteiger partial charge in [0.1, 0.15) is 5.82 Å². The van der Waals surface area contributed by atoms with Crippen molar-refractivity contribution in [2.24, 2.45) is 11.3 Å². The van der Waals surface area contributed by atoms with Crippen molar-refractivity contribution in [3.63, 3.8) is 0 Å². The third kappa shape index (κ3) is 2.75. The van der Waals surface area contributed by atoms with Crippen LogP contribution in [-0.4, -0.2) is 5.11 Å². The van der Waals surface area contributed by atoms with E-state index in [0.29, 0.717) is 24.3 Å². The van der Waals surface area contributed by atoms with E-state index in [1.807, 2.05) is 0 Å². The number of aliphatic hydroxyl groups is 1. The SMILES string of the molecule is CC1CCCC(C#N)(C(O)c2ccc(F)c(Cl)c2)C1. The first-order valence-corrected chi connectivity index (χ1v) is 6.90. The Labute approximate surface area is 117 Å². The average molecular weight is 282 g/mol. The molecule has 1 saturated carbocycles. The summed E-state index contributed by atoms with van der Waals surface area (Å²) in [4.78, 5) is 0. The minimum Gasteiger partial charge on any atom is -0.387 e. The Morgan fingerprint density at radius 2 is 2.32 bits per heavy atom. The molecule has 0 saturated heterocycles. The molecule has 0 radical (unpaired) electrons. The largest absolute Gasteiger partial charge is 0.387 e. The van der Waals surface area contributed by atoms with Crippen molar-refractivity contribution in [2.75, 3.05) is 0 Å². The van der Waals surface area contributed by atoms with E-state index in [0.717, 1.165) is 12.8 Å². The fourth-order valence-electron chi connectivity index (χ4n) is 3.00. The van der Waals surface area contributed by atoms with Crippen molar-refractivity contribution < 1.29 is 9.50 Å². The van der Waals surface area contributed by atoms with Crippen LogP contribution >= 0.6 is 11.6 Å². The predicted molar refractivity (Wildman–Crippen MR) is 72.0 cm³/mol. The Morgan fingerprint density at radius 3 is 2.89 bits per heavy atom. The molecule has 0 heterocycles. The molecule has 0 spiro atoms. The lowest BCUT2D eigenvalue weighted by atomic mass is 9.66. The van der Waals surface area contributed by atoms with Gasteiger partial charge < -0.3 is 5.11 Å². The Bertz CT molecular complexity index is 513. The number of benzene rings is 1. The third-order valence-corrected chi connectivity index (χ3v) is 4.33. The molecule has 1 aromatic rings. The van der Waals surface area contributed by atoms with Crippen LogP contribution in [0.3, 0.4) is 0 Å². The first-order valence-electron chi connectivity index (χ1n) is 6.53. The normalized spacial score (nSPS) is 28.7. The molecular formula is C15H17ClFNO.